The third-order valence-corrected chi connectivity index (χ3v) is 4.73. The quantitative estimate of drug-likeness (QED) is 0.590. The molecule has 3 rings (SSSR count). The molecule has 1 amide bonds. The van der Waals surface area contributed by atoms with E-state index in [2.05, 4.69) is 25.7 Å². The minimum absolute atomic E-state index is 0.00615. The Balaban J connectivity index is 1.63. The summed E-state index contributed by atoms with van der Waals surface area (Å²) in [6, 6.07) is 9.75. The molecule has 0 aliphatic carbocycles. The van der Waals surface area contributed by atoms with Crippen molar-refractivity contribution in [3.63, 3.8) is 0 Å². The van der Waals surface area contributed by atoms with Gasteiger partial charge in [-0.25, -0.2) is 0 Å². The van der Waals surface area contributed by atoms with Gasteiger partial charge in [0.1, 0.15) is 0 Å². The maximum atomic E-state index is 11.4. The highest BCUT2D eigenvalue weighted by atomic mass is 32.2. The van der Waals surface area contributed by atoms with E-state index in [4.69, 9.17) is 10.3 Å². The lowest BCUT2D eigenvalue weighted by molar-refractivity contribution is 0.0950. The molecule has 3 aromatic rings. The van der Waals surface area contributed by atoms with Crippen LogP contribution in [0.2, 0.25) is 0 Å². The average Bonchev–Trinajstić information content (AvgIpc) is 3.27. The Bertz CT molecular complexity index is 878. The second-order valence-corrected chi connectivity index (χ2v) is 6.52. The van der Waals surface area contributed by atoms with Gasteiger partial charge in [-0.3, -0.25) is 4.79 Å². The number of rotatable bonds is 7. The zero-order valence-corrected chi connectivity index (χ0v) is 15.2. The van der Waals surface area contributed by atoms with Gasteiger partial charge in [0.05, 0.1) is 11.8 Å². The third-order valence-electron chi connectivity index (χ3n) is 3.72. The first-order valence-corrected chi connectivity index (χ1v) is 8.93. The van der Waals surface area contributed by atoms with E-state index in [0.717, 1.165) is 5.56 Å². The number of nitrogens with zero attached hydrogens (tertiary/aromatic N) is 5. The molecule has 1 atom stereocenters. The number of nitrogens with two attached hydrogens (primary N) is 1. The first kappa shape index (κ1) is 18.1. The number of benzene rings is 1. The van der Waals surface area contributed by atoms with Crippen LogP contribution in [0.25, 0.3) is 0 Å². The van der Waals surface area contributed by atoms with Crippen LogP contribution in [0.3, 0.4) is 0 Å². The van der Waals surface area contributed by atoms with Crippen molar-refractivity contribution >= 4 is 17.7 Å². The van der Waals surface area contributed by atoms with Crippen LogP contribution in [-0.2, 0) is 19.2 Å². The molecule has 3 N–H and O–H groups in total. The zero-order chi connectivity index (χ0) is 18.5. The minimum atomic E-state index is -0.391. The number of carbonyl (C=O) groups excluding carboxylic acids is 1. The fraction of sp³-hybridized carbons (Fsp3) is 0.312. The lowest BCUT2D eigenvalue weighted by Crippen LogP contribution is -2.19. The molecule has 0 bridgehead atoms. The number of carbonyl (C=O) groups is 1. The van der Waals surface area contributed by atoms with Crippen molar-refractivity contribution in [3.8, 4) is 0 Å². The molecule has 2 heterocycles. The van der Waals surface area contributed by atoms with Crippen molar-refractivity contribution in [2.24, 2.45) is 12.8 Å². The van der Waals surface area contributed by atoms with Crippen LogP contribution in [0.4, 0.5) is 0 Å². The summed E-state index contributed by atoms with van der Waals surface area (Å²) < 4.78 is 6.91. The van der Waals surface area contributed by atoms with Crippen molar-refractivity contribution < 1.29 is 9.32 Å². The smallest absolute Gasteiger partial charge is 0.292 e. The maximum Gasteiger partial charge on any atom is 0.292 e. The number of nitrogens with one attached hydrogen (secondary N) is 1. The molecule has 26 heavy (non-hydrogen) atoms. The fourth-order valence-electron chi connectivity index (χ4n) is 2.38. The Labute approximate surface area is 154 Å². The van der Waals surface area contributed by atoms with Crippen molar-refractivity contribution in [2.75, 3.05) is 7.05 Å². The van der Waals surface area contributed by atoms with E-state index >= 15 is 0 Å². The van der Waals surface area contributed by atoms with E-state index in [0.29, 0.717) is 29.0 Å². The van der Waals surface area contributed by atoms with Crippen LogP contribution in [0, 0.1) is 0 Å². The Hall–Kier alpha value is -2.72. The van der Waals surface area contributed by atoms with Gasteiger partial charge in [-0.2, -0.15) is 4.98 Å². The average molecular weight is 373 g/mol. The van der Waals surface area contributed by atoms with Gasteiger partial charge < -0.3 is 20.1 Å². The zero-order valence-electron chi connectivity index (χ0n) is 14.4. The Morgan fingerprint density at radius 1 is 1.35 bits per heavy atom. The van der Waals surface area contributed by atoms with E-state index in [-0.39, 0.29) is 11.9 Å². The van der Waals surface area contributed by atoms with Crippen LogP contribution in [0.15, 0.2) is 40.0 Å². The standard InChI is InChI=1S/C16H19N7O2S/c1-18-15(24)13-19-12(25-22-13)9-26-16-21-20-14(23(16)2)11(17)8-10-6-4-3-5-7-10/h3-7,11H,8-9,17H2,1-2H3,(H,18,24)/t11-/m1/s1. The number of thioether (sulfide) groups is 1. The molecule has 136 valence electrons. The molecule has 0 saturated carbocycles. The predicted molar refractivity (Wildman–Crippen MR) is 95.3 cm³/mol. The van der Waals surface area contributed by atoms with E-state index in [1.807, 2.05) is 41.9 Å². The predicted octanol–water partition coefficient (Wildman–Crippen LogP) is 1.09. The summed E-state index contributed by atoms with van der Waals surface area (Å²) in [4.78, 5) is 15.5. The molecular formula is C16H19N7O2S. The molecule has 0 aliphatic rings. The van der Waals surface area contributed by atoms with Crippen molar-refractivity contribution in [1.29, 1.82) is 0 Å². The van der Waals surface area contributed by atoms with Crippen molar-refractivity contribution in [2.45, 2.75) is 23.4 Å². The number of amides is 1. The van der Waals surface area contributed by atoms with Crippen LogP contribution < -0.4 is 11.1 Å². The molecule has 0 fully saturated rings. The van der Waals surface area contributed by atoms with Gasteiger partial charge in [0.2, 0.25) is 5.89 Å². The summed E-state index contributed by atoms with van der Waals surface area (Å²) in [7, 11) is 3.37. The molecule has 0 unspecified atom stereocenters. The molecule has 0 radical (unpaired) electrons. The largest absolute Gasteiger partial charge is 0.352 e. The van der Waals surface area contributed by atoms with Gasteiger partial charge in [-0.1, -0.05) is 47.3 Å². The Kier molecular flexibility index (Phi) is 5.64. The molecule has 0 spiro atoms. The molecule has 9 nitrogen and oxygen atoms in total. The molecule has 1 aromatic carbocycles. The van der Waals surface area contributed by atoms with Crippen LogP contribution >= 0.6 is 11.8 Å². The van der Waals surface area contributed by atoms with Gasteiger partial charge >= 0.3 is 0 Å². The molecule has 0 saturated heterocycles. The van der Waals surface area contributed by atoms with Gasteiger partial charge in [0.15, 0.2) is 11.0 Å². The monoisotopic (exact) mass is 373 g/mol. The van der Waals surface area contributed by atoms with E-state index in [1.54, 1.807) is 0 Å². The molecule has 10 heteroatoms. The van der Waals surface area contributed by atoms with Crippen LogP contribution in [0.1, 0.15) is 33.9 Å². The molecule has 2 aromatic heterocycles. The summed E-state index contributed by atoms with van der Waals surface area (Å²) in [5, 5.41) is 15.1. The first-order valence-electron chi connectivity index (χ1n) is 7.94. The summed E-state index contributed by atoms with van der Waals surface area (Å²) in [6.07, 6.45) is 0.677. The topological polar surface area (TPSA) is 125 Å². The number of hydrogen-bond acceptors (Lipinski definition) is 8. The second kappa shape index (κ2) is 8.11. The first-order chi connectivity index (χ1) is 12.6. The summed E-state index contributed by atoms with van der Waals surface area (Å²) >= 11 is 1.38. The highest BCUT2D eigenvalue weighted by molar-refractivity contribution is 7.98. The fourth-order valence-corrected chi connectivity index (χ4v) is 3.13. The van der Waals surface area contributed by atoms with Gasteiger partial charge in [-0.05, 0) is 12.0 Å². The Morgan fingerprint density at radius 2 is 2.12 bits per heavy atom. The van der Waals surface area contributed by atoms with E-state index < -0.39 is 5.91 Å². The van der Waals surface area contributed by atoms with Crippen molar-refractivity contribution in [3.05, 3.63) is 53.4 Å². The highest BCUT2D eigenvalue weighted by Gasteiger charge is 2.18. The molecule has 0 aliphatic heterocycles. The van der Waals surface area contributed by atoms with E-state index in [1.165, 1.54) is 18.8 Å². The molecular weight excluding hydrogens is 354 g/mol. The third kappa shape index (κ3) is 4.09. The second-order valence-electron chi connectivity index (χ2n) is 5.58. The summed E-state index contributed by atoms with van der Waals surface area (Å²) in [5.41, 5.74) is 7.43. The van der Waals surface area contributed by atoms with Crippen LogP contribution in [0.5, 0.6) is 0 Å². The maximum absolute atomic E-state index is 11.4. The summed E-state index contributed by atoms with van der Waals surface area (Å²) in [6.45, 7) is 0. The lowest BCUT2D eigenvalue weighted by Gasteiger charge is -2.11. The number of aromatic nitrogens is 5. The minimum Gasteiger partial charge on any atom is -0.352 e. The number of hydrogen-bond donors (Lipinski definition) is 2. The highest BCUT2D eigenvalue weighted by Crippen LogP contribution is 2.23. The van der Waals surface area contributed by atoms with Gasteiger partial charge in [-0.15, -0.1) is 10.2 Å². The normalized spacial score (nSPS) is 12.1. The van der Waals surface area contributed by atoms with Crippen molar-refractivity contribution in [1.82, 2.24) is 30.2 Å². The van der Waals surface area contributed by atoms with E-state index in [9.17, 15) is 4.79 Å². The summed E-state index contributed by atoms with van der Waals surface area (Å²) in [5.74, 6) is 1.04. The SMILES string of the molecule is CNC(=O)c1noc(CSc2nnc([C@H](N)Cc3ccccc3)n2C)n1. The van der Waals surface area contributed by atoms with Crippen LogP contribution in [-0.4, -0.2) is 37.9 Å². The van der Waals surface area contributed by atoms with Gasteiger partial charge in [0, 0.05) is 14.1 Å². The Morgan fingerprint density at radius 3 is 2.85 bits per heavy atom. The lowest BCUT2D eigenvalue weighted by atomic mass is 10.1. The van der Waals surface area contributed by atoms with Gasteiger partial charge in [0.25, 0.3) is 11.7 Å².